The van der Waals surface area contributed by atoms with Crippen LogP contribution >= 0.6 is 11.3 Å². The SMILES string of the molecule is Cc1ccc(S(=O)(=O)NC(=O)Nc2c(-c3nc4ccccc4s3)[n+]([O-])c3ccccc3[n+]2[O-])cc1. The van der Waals surface area contributed by atoms with E-state index in [9.17, 15) is 23.6 Å². The lowest BCUT2D eigenvalue weighted by atomic mass is 10.2. The molecule has 2 amide bonds. The van der Waals surface area contributed by atoms with Crippen molar-refractivity contribution in [3.63, 3.8) is 0 Å². The van der Waals surface area contributed by atoms with E-state index in [1.165, 1.54) is 24.3 Å². The van der Waals surface area contributed by atoms with Crippen molar-refractivity contribution in [3.05, 3.63) is 88.8 Å². The number of nitrogens with one attached hydrogen (secondary N) is 2. The van der Waals surface area contributed by atoms with Gasteiger partial charge in [-0.25, -0.2) is 27.6 Å². The Morgan fingerprint density at radius 1 is 0.914 bits per heavy atom. The number of fused-ring (bicyclic) bond motifs is 2. The normalized spacial score (nSPS) is 11.6. The van der Waals surface area contributed by atoms with E-state index in [4.69, 9.17) is 0 Å². The number of carbonyl (C=O) groups excluding carboxylic acids is 1. The second-order valence-electron chi connectivity index (χ2n) is 7.63. The summed E-state index contributed by atoms with van der Waals surface area (Å²) in [5.41, 5.74) is 1.30. The van der Waals surface area contributed by atoms with Gasteiger partial charge in [-0.05, 0) is 37.3 Å². The summed E-state index contributed by atoms with van der Waals surface area (Å²) in [5, 5.41) is 29.0. The maximum Gasteiger partial charge on any atom is 0.420 e. The van der Waals surface area contributed by atoms with Crippen LogP contribution in [0.3, 0.4) is 0 Å². The number of anilines is 1. The summed E-state index contributed by atoms with van der Waals surface area (Å²) < 4.78 is 28.8. The van der Waals surface area contributed by atoms with Gasteiger partial charge in [-0.2, -0.15) is 10.0 Å². The zero-order valence-corrected chi connectivity index (χ0v) is 19.8. The quantitative estimate of drug-likeness (QED) is 0.283. The summed E-state index contributed by atoms with van der Waals surface area (Å²) in [7, 11) is -4.23. The second kappa shape index (κ2) is 8.49. The lowest BCUT2D eigenvalue weighted by molar-refractivity contribution is -0.609. The number of aryl methyl sites for hydroxylation is 1. The minimum absolute atomic E-state index is 0.0101. The lowest BCUT2D eigenvalue weighted by Crippen LogP contribution is -2.45. The van der Waals surface area contributed by atoms with Gasteiger partial charge in [0.1, 0.15) is 0 Å². The molecule has 0 unspecified atom stereocenters. The molecule has 0 saturated carbocycles. The Kier molecular flexibility index (Phi) is 5.46. The van der Waals surface area contributed by atoms with Crippen molar-refractivity contribution >= 4 is 54.5 Å². The van der Waals surface area contributed by atoms with Crippen molar-refractivity contribution in [3.8, 4) is 10.7 Å². The first kappa shape index (κ1) is 22.5. The van der Waals surface area contributed by atoms with E-state index in [0.717, 1.165) is 21.6 Å². The summed E-state index contributed by atoms with van der Waals surface area (Å²) in [5.74, 6) is -0.450. The summed E-state index contributed by atoms with van der Waals surface area (Å²) in [4.78, 5) is 17.1. The van der Waals surface area contributed by atoms with Crippen LogP contribution in [-0.4, -0.2) is 19.4 Å². The van der Waals surface area contributed by atoms with Crippen molar-refractivity contribution in [2.24, 2.45) is 0 Å². The molecule has 2 N–H and O–H groups in total. The second-order valence-corrected chi connectivity index (χ2v) is 10.3. The molecular weight excluding hydrogens is 490 g/mol. The molecule has 0 radical (unpaired) electrons. The van der Waals surface area contributed by atoms with E-state index in [-0.39, 0.29) is 26.6 Å². The molecule has 176 valence electrons. The fourth-order valence-corrected chi connectivity index (χ4v) is 5.44. The Morgan fingerprint density at radius 3 is 2.23 bits per heavy atom. The third-order valence-electron chi connectivity index (χ3n) is 5.24. The molecular formula is C23H17N5O5S2. The smallest absolute Gasteiger partial charge is 0.420 e. The van der Waals surface area contributed by atoms with Crippen molar-refractivity contribution in [1.29, 1.82) is 0 Å². The maximum atomic E-state index is 13.3. The lowest BCUT2D eigenvalue weighted by Gasteiger charge is -2.14. The van der Waals surface area contributed by atoms with Crippen molar-refractivity contribution in [2.75, 3.05) is 5.32 Å². The molecule has 0 aliphatic heterocycles. The zero-order chi connectivity index (χ0) is 24.7. The van der Waals surface area contributed by atoms with Gasteiger partial charge in [-0.1, -0.05) is 42.0 Å². The monoisotopic (exact) mass is 507 g/mol. The van der Waals surface area contributed by atoms with Gasteiger partial charge in [0.05, 0.1) is 15.1 Å². The number of nitrogens with zero attached hydrogens (tertiary/aromatic N) is 3. The standard InChI is InChI=1S/C23H17N5O5S2/c1-14-10-12-15(13-11-14)35(32,33)26-23(29)25-21-20(22-24-16-6-2-5-9-19(16)34-22)27(30)17-7-3-4-8-18(17)28(21)31/h2-13H,1H3,(H2,25,26,29). The minimum atomic E-state index is -4.23. The first-order chi connectivity index (χ1) is 16.7. The average Bonchev–Trinajstić information content (AvgIpc) is 3.26. The summed E-state index contributed by atoms with van der Waals surface area (Å²) in [6, 6.07) is 17.9. The van der Waals surface area contributed by atoms with E-state index in [1.54, 1.807) is 43.3 Å². The maximum absolute atomic E-state index is 13.3. The highest BCUT2D eigenvalue weighted by Gasteiger charge is 2.33. The van der Waals surface area contributed by atoms with E-state index in [2.05, 4.69) is 10.3 Å². The number of thiazole rings is 1. The molecule has 12 heteroatoms. The van der Waals surface area contributed by atoms with Crippen molar-refractivity contribution in [1.82, 2.24) is 9.71 Å². The van der Waals surface area contributed by atoms with Crippen LogP contribution in [0.15, 0.2) is 77.7 Å². The Bertz CT molecular complexity index is 1680. The molecule has 0 atom stereocenters. The highest BCUT2D eigenvalue weighted by molar-refractivity contribution is 7.90. The number of hydrogen-bond acceptors (Lipinski definition) is 7. The molecule has 35 heavy (non-hydrogen) atoms. The topological polar surface area (TPSA) is 142 Å². The van der Waals surface area contributed by atoms with E-state index >= 15 is 0 Å². The number of aromatic nitrogens is 3. The minimum Gasteiger partial charge on any atom is -0.710 e. The largest absolute Gasteiger partial charge is 0.710 e. The fourth-order valence-electron chi connectivity index (χ4n) is 3.54. The number of hydrogen-bond donors (Lipinski definition) is 2. The van der Waals surface area contributed by atoms with Crippen LogP contribution in [0.1, 0.15) is 5.56 Å². The van der Waals surface area contributed by atoms with E-state index in [0.29, 0.717) is 15.0 Å². The molecule has 0 bridgehead atoms. The van der Waals surface area contributed by atoms with Crippen LogP contribution in [0, 0.1) is 17.3 Å². The Balaban J connectivity index is 1.61. The average molecular weight is 508 g/mol. The zero-order valence-electron chi connectivity index (χ0n) is 18.1. The molecule has 10 nitrogen and oxygen atoms in total. The number of urea groups is 1. The molecule has 0 fully saturated rings. The number of rotatable bonds is 4. The molecule has 0 saturated heterocycles. The number of benzene rings is 3. The number of sulfonamides is 1. The predicted molar refractivity (Wildman–Crippen MR) is 131 cm³/mol. The van der Waals surface area contributed by atoms with E-state index in [1.807, 2.05) is 16.9 Å². The molecule has 5 rings (SSSR count). The summed E-state index contributed by atoms with van der Waals surface area (Å²) in [6.07, 6.45) is 0. The molecule has 2 heterocycles. The van der Waals surface area contributed by atoms with Gasteiger partial charge in [0.15, 0.2) is 5.01 Å². The Labute approximate surface area is 203 Å². The first-order valence-corrected chi connectivity index (χ1v) is 12.6. The highest BCUT2D eigenvalue weighted by Crippen LogP contribution is 2.32. The van der Waals surface area contributed by atoms with Crippen LogP contribution in [0.5, 0.6) is 0 Å². The van der Waals surface area contributed by atoms with Crippen LogP contribution in [0.4, 0.5) is 10.6 Å². The molecule has 3 aromatic carbocycles. The van der Waals surface area contributed by atoms with Crippen molar-refractivity contribution < 1.29 is 22.7 Å². The number of amides is 2. The van der Waals surface area contributed by atoms with Crippen molar-refractivity contribution in [2.45, 2.75) is 11.8 Å². The van der Waals surface area contributed by atoms with Gasteiger partial charge in [0.25, 0.3) is 15.5 Å². The van der Waals surface area contributed by atoms with Gasteiger partial charge >= 0.3 is 17.5 Å². The molecule has 2 aromatic heterocycles. The van der Waals surface area contributed by atoms with Crippen LogP contribution in [-0.2, 0) is 10.0 Å². The fraction of sp³-hybridized carbons (Fsp3) is 0.0435. The van der Waals surface area contributed by atoms with Gasteiger partial charge in [0.2, 0.25) is 5.52 Å². The van der Waals surface area contributed by atoms with E-state index < -0.39 is 21.9 Å². The number of carbonyl (C=O) groups is 1. The Hall–Kier alpha value is -4.29. The van der Waals surface area contributed by atoms with Crippen LogP contribution < -0.4 is 19.5 Å². The van der Waals surface area contributed by atoms with Gasteiger partial charge in [-0.15, -0.1) is 11.3 Å². The predicted octanol–water partition coefficient (Wildman–Crippen LogP) is 3.20. The highest BCUT2D eigenvalue weighted by atomic mass is 32.2. The molecule has 0 aliphatic rings. The van der Waals surface area contributed by atoms with Crippen LogP contribution in [0.2, 0.25) is 0 Å². The summed E-state index contributed by atoms with van der Waals surface area (Å²) >= 11 is 1.16. The van der Waals surface area contributed by atoms with Crippen LogP contribution in [0.25, 0.3) is 32.0 Å². The summed E-state index contributed by atoms with van der Waals surface area (Å²) in [6.45, 7) is 1.80. The van der Waals surface area contributed by atoms with Gasteiger partial charge < -0.3 is 10.4 Å². The molecule has 0 spiro atoms. The molecule has 5 aromatic rings. The first-order valence-electron chi connectivity index (χ1n) is 10.3. The van der Waals surface area contributed by atoms with Gasteiger partial charge in [0, 0.05) is 6.07 Å². The number of para-hydroxylation sites is 3. The Morgan fingerprint density at radius 2 is 1.54 bits per heavy atom. The third-order valence-corrected chi connectivity index (χ3v) is 7.63. The third kappa shape index (κ3) is 4.09. The molecule has 0 aliphatic carbocycles. The van der Waals surface area contributed by atoms with Gasteiger partial charge in [-0.3, -0.25) is 0 Å².